The van der Waals surface area contributed by atoms with E-state index in [1.54, 1.807) is 0 Å². The van der Waals surface area contributed by atoms with E-state index in [9.17, 15) is 0 Å². The van der Waals surface area contributed by atoms with Gasteiger partial charge in [-0.3, -0.25) is 4.99 Å². The quantitative estimate of drug-likeness (QED) is 0.386. The number of amidine groups is 1. The van der Waals surface area contributed by atoms with Gasteiger partial charge in [-0.15, -0.1) is 0 Å². The van der Waals surface area contributed by atoms with Crippen molar-refractivity contribution < 1.29 is 0 Å². The van der Waals surface area contributed by atoms with Crippen LogP contribution in [0.1, 0.15) is 11.1 Å². The summed E-state index contributed by atoms with van der Waals surface area (Å²) >= 11 is 0. The zero-order chi connectivity index (χ0) is 20.6. The topological polar surface area (TPSA) is 29.3 Å². The lowest BCUT2D eigenvalue weighted by atomic mass is 10.1. The maximum Gasteiger partial charge on any atom is 0.133 e. The highest BCUT2D eigenvalue weighted by atomic mass is 15.0. The van der Waals surface area contributed by atoms with Crippen molar-refractivity contribution >= 4 is 33.3 Å². The third-order valence-corrected chi connectivity index (χ3v) is 5.86. The highest BCUT2D eigenvalue weighted by molar-refractivity contribution is 6.09. The first-order valence-corrected chi connectivity index (χ1v) is 10.5. The molecule has 3 heteroatoms. The van der Waals surface area contributed by atoms with Crippen LogP contribution in [0.2, 0.25) is 0 Å². The Morgan fingerprint density at radius 1 is 0.613 bits per heavy atom. The van der Waals surface area contributed by atoms with Gasteiger partial charge in [-0.05, 0) is 48.0 Å². The van der Waals surface area contributed by atoms with Crippen LogP contribution in [0.25, 0.3) is 33.2 Å². The van der Waals surface area contributed by atoms with Crippen molar-refractivity contribution in [2.45, 2.75) is 0 Å². The highest BCUT2D eigenvalue weighted by Gasteiger charge is 2.14. The number of nitrogens with one attached hydrogen (secondary N) is 1. The Labute approximate surface area is 181 Å². The molecule has 2 heterocycles. The second-order valence-electron chi connectivity index (χ2n) is 7.71. The van der Waals surface area contributed by atoms with Crippen molar-refractivity contribution in [3.8, 4) is 5.69 Å². The molecule has 6 rings (SSSR count). The molecule has 0 unspecified atom stereocenters. The highest BCUT2D eigenvalue weighted by Crippen LogP contribution is 2.31. The molecule has 1 aliphatic rings. The van der Waals surface area contributed by atoms with E-state index in [2.05, 4.69) is 113 Å². The zero-order valence-corrected chi connectivity index (χ0v) is 17.0. The largest absolute Gasteiger partial charge is 0.340 e. The first-order chi connectivity index (χ1) is 15.4. The smallest absolute Gasteiger partial charge is 0.133 e. The van der Waals surface area contributed by atoms with E-state index in [0.717, 1.165) is 22.8 Å². The van der Waals surface area contributed by atoms with Gasteiger partial charge in [0.05, 0.1) is 17.6 Å². The summed E-state index contributed by atoms with van der Waals surface area (Å²) < 4.78 is 2.33. The van der Waals surface area contributed by atoms with Crippen molar-refractivity contribution in [2.24, 2.45) is 4.99 Å². The number of fused-ring (bicyclic) bond motifs is 3. The van der Waals surface area contributed by atoms with E-state index in [4.69, 9.17) is 4.99 Å². The maximum atomic E-state index is 4.69. The predicted molar refractivity (Wildman–Crippen MR) is 130 cm³/mol. The van der Waals surface area contributed by atoms with Crippen molar-refractivity contribution in [3.05, 3.63) is 120 Å². The fourth-order valence-corrected chi connectivity index (χ4v) is 4.39. The van der Waals surface area contributed by atoms with Gasteiger partial charge in [0, 0.05) is 27.7 Å². The van der Waals surface area contributed by atoms with Gasteiger partial charge in [0.2, 0.25) is 0 Å². The molecule has 0 atom stereocenters. The number of hydrogen-bond acceptors (Lipinski definition) is 2. The van der Waals surface area contributed by atoms with Crippen LogP contribution in [-0.4, -0.2) is 16.9 Å². The number of hydrogen-bond donors (Lipinski definition) is 1. The summed E-state index contributed by atoms with van der Waals surface area (Å²) in [6, 6.07) is 36.2. The molecule has 0 saturated carbocycles. The second kappa shape index (κ2) is 7.29. The third kappa shape index (κ3) is 3.03. The van der Waals surface area contributed by atoms with E-state index < -0.39 is 0 Å². The van der Waals surface area contributed by atoms with Crippen LogP contribution in [0, 0.1) is 0 Å². The van der Waals surface area contributed by atoms with Gasteiger partial charge in [0.25, 0.3) is 0 Å². The second-order valence-corrected chi connectivity index (χ2v) is 7.71. The van der Waals surface area contributed by atoms with Crippen molar-refractivity contribution in [1.82, 2.24) is 9.88 Å². The molecular weight excluding hydrogens is 378 g/mol. The summed E-state index contributed by atoms with van der Waals surface area (Å²) in [5.41, 5.74) is 6.97. The van der Waals surface area contributed by atoms with Crippen molar-refractivity contribution in [1.29, 1.82) is 0 Å². The van der Waals surface area contributed by atoms with Crippen LogP contribution in [-0.2, 0) is 0 Å². The van der Waals surface area contributed by atoms with Crippen LogP contribution in [0.15, 0.2) is 114 Å². The Hall–Kier alpha value is -4.11. The molecule has 0 radical (unpaired) electrons. The van der Waals surface area contributed by atoms with E-state index >= 15 is 0 Å². The number of nitrogens with zero attached hydrogens (tertiary/aromatic N) is 2. The number of benzene rings is 4. The van der Waals surface area contributed by atoms with Gasteiger partial charge in [-0.1, -0.05) is 66.7 Å². The molecule has 5 aromatic rings. The first kappa shape index (κ1) is 17.7. The summed E-state index contributed by atoms with van der Waals surface area (Å²) in [6.07, 6.45) is 2.13. The first-order valence-electron chi connectivity index (χ1n) is 10.5. The molecule has 31 heavy (non-hydrogen) atoms. The molecule has 0 fully saturated rings. The molecule has 1 aliphatic heterocycles. The molecular formula is C28H21N3. The lowest BCUT2D eigenvalue weighted by Crippen LogP contribution is -2.26. The Kier molecular flexibility index (Phi) is 4.17. The summed E-state index contributed by atoms with van der Waals surface area (Å²) in [7, 11) is 0. The summed E-state index contributed by atoms with van der Waals surface area (Å²) in [4.78, 5) is 4.69. The fourth-order valence-electron chi connectivity index (χ4n) is 4.39. The van der Waals surface area contributed by atoms with E-state index in [1.807, 2.05) is 6.07 Å². The third-order valence-electron chi connectivity index (χ3n) is 5.86. The normalized spacial score (nSPS) is 13.7. The summed E-state index contributed by atoms with van der Waals surface area (Å²) in [6.45, 7) is 0.682. The number of para-hydroxylation sites is 2. The van der Waals surface area contributed by atoms with Gasteiger partial charge in [0.1, 0.15) is 5.84 Å². The minimum atomic E-state index is 0.682. The predicted octanol–water partition coefficient (Wildman–Crippen LogP) is 6.17. The average molecular weight is 399 g/mol. The van der Waals surface area contributed by atoms with Gasteiger partial charge >= 0.3 is 0 Å². The Morgan fingerprint density at radius 2 is 1.23 bits per heavy atom. The molecule has 1 N–H and O–H groups in total. The van der Waals surface area contributed by atoms with Crippen molar-refractivity contribution in [3.63, 3.8) is 0 Å². The van der Waals surface area contributed by atoms with Crippen LogP contribution >= 0.6 is 0 Å². The van der Waals surface area contributed by atoms with Gasteiger partial charge in [-0.25, -0.2) is 0 Å². The summed E-state index contributed by atoms with van der Waals surface area (Å²) in [5, 5.41) is 6.06. The van der Waals surface area contributed by atoms with Gasteiger partial charge < -0.3 is 9.88 Å². The molecule has 1 aromatic heterocycles. The minimum Gasteiger partial charge on any atom is -0.340 e. The number of aromatic nitrogens is 1. The Morgan fingerprint density at radius 3 is 1.90 bits per heavy atom. The lowest BCUT2D eigenvalue weighted by Gasteiger charge is -2.18. The SMILES string of the molecule is C1=C(c2ccccc2)NC(c2ccc(-n3c4ccccc4c4ccccc43)cc2)=NC1. The zero-order valence-electron chi connectivity index (χ0n) is 17.0. The molecule has 0 saturated heterocycles. The molecule has 0 aliphatic carbocycles. The molecule has 3 nitrogen and oxygen atoms in total. The molecule has 0 amide bonds. The maximum absolute atomic E-state index is 4.69. The monoisotopic (exact) mass is 399 g/mol. The number of aliphatic imine (C=N–C) groups is 1. The Balaban J connectivity index is 1.37. The standard InChI is InChI=1S/C28H21N3/c1-2-8-20(9-3-1)25-18-19-29-28(30-25)21-14-16-22(17-15-21)31-26-12-6-4-10-23(26)24-11-5-7-13-27(24)31/h1-18H,19H2,(H,29,30). The van der Waals surface area contributed by atoms with Crippen molar-refractivity contribution in [2.75, 3.05) is 6.54 Å². The molecule has 148 valence electrons. The van der Waals surface area contributed by atoms with E-state index in [-0.39, 0.29) is 0 Å². The summed E-state index contributed by atoms with van der Waals surface area (Å²) in [5.74, 6) is 0.912. The molecule has 4 aromatic carbocycles. The van der Waals surface area contributed by atoms with Crippen LogP contribution < -0.4 is 5.32 Å². The van der Waals surface area contributed by atoms with Crippen LogP contribution in [0.4, 0.5) is 0 Å². The Bertz CT molecular complexity index is 1400. The molecule has 0 bridgehead atoms. The lowest BCUT2D eigenvalue weighted by molar-refractivity contribution is 1.11. The van der Waals surface area contributed by atoms with E-state index in [1.165, 1.54) is 27.4 Å². The van der Waals surface area contributed by atoms with Crippen LogP contribution in [0.3, 0.4) is 0 Å². The molecule has 0 spiro atoms. The fraction of sp³-hybridized carbons (Fsp3) is 0.0357. The van der Waals surface area contributed by atoms with Gasteiger partial charge in [-0.2, -0.15) is 0 Å². The average Bonchev–Trinajstić information content (AvgIpc) is 3.19. The van der Waals surface area contributed by atoms with E-state index in [0.29, 0.717) is 6.54 Å². The van der Waals surface area contributed by atoms with Gasteiger partial charge in [0.15, 0.2) is 0 Å². The minimum absolute atomic E-state index is 0.682. The van der Waals surface area contributed by atoms with Crippen LogP contribution in [0.5, 0.6) is 0 Å². The number of rotatable bonds is 3.